The maximum absolute atomic E-state index is 12.7. The molecule has 1 aliphatic carbocycles. The van der Waals surface area contributed by atoms with Crippen LogP contribution in [-0.2, 0) is 24.2 Å². The van der Waals surface area contributed by atoms with Gasteiger partial charge in [-0.2, -0.15) is 0 Å². The van der Waals surface area contributed by atoms with Gasteiger partial charge < -0.3 is 5.32 Å². The Kier molecular flexibility index (Phi) is 3.70. The van der Waals surface area contributed by atoms with Crippen LogP contribution in [0.5, 0.6) is 0 Å². The van der Waals surface area contributed by atoms with Crippen LogP contribution in [0, 0.1) is 0 Å². The molecule has 1 N–H and O–H groups in total. The third-order valence-electron chi connectivity index (χ3n) is 3.93. The van der Waals surface area contributed by atoms with Gasteiger partial charge in [0.2, 0.25) is 5.91 Å². The molecule has 0 spiro atoms. The number of nitrogens with zero attached hydrogens (tertiary/aromatic N) is 3. The standard InChI is InChI=1S/C15H14N4O2S2/c20-11(18-15-16-5-6-22-15)7-19-8-17-13-12(14(19)21)9-3-1-2-4-10(9)23-13/h5-6,8H,1-4,7H2,(H,16,18,20). The molecule has 0 radical (unpaired) electrons. The summed E-state index contributed by atoms with van der Waals surface area (Å²) in [4.78, 5) is 35.3. The first-order valence-corrected chi connectivity index (χ1v) is 9.11. The van der Waals surface area contributed by atoms with Gasteiger partial charge in [0.25, 0.3) is 5.56 Å². The van der Waals surface area contributed by atoms with Crippen LogP contribution in [0.1, 0.15) is 23.3 Å². The number of hydrogen-bond donors (Lipinski definition) is 1. The van der Waals surface area contributed by atoms with Crippen molar-refractivity contribution < 1.29 is 4.79 Å². The van der Waals surface area contributed by atoms with Crippen molar-refractivity contribution in [3.63, 3.8) is 0 Å². The van der Waals surface area contributed by atoms with E-state index in [0.29, 0.717) is 10.5 Å². The molecule has 1 aliphatic rings. The summed E-state index contributed by atoms with van der Waals surface area (Å²) in [7, 11) is 0. The molecule has 0 saturated carbocycles. The molecule has 0 atom stereocenters. The fraction of sp³-hybridized carbons (Fsp3) is 0.333. The molecule has 3 heterocycles. The van der Waals surface area contributed by atoms with E-state index >= 15 is 0 Å². The summed E-state index contributed by atoms with van der Waals surface area (Å²) in [5.41, 5.74) is 1.02. The van der Waals surface area contributed by atoms with E-state index in [9.17, 15) is 9.59 Å². The highest BCUT2D eigenvalue weighted by Gasteiger charge is 2.20. The van der Waals surface area contributed by atoms with Gasteiger partial charge in [-0.05, 0) is 31.2 Å². The first kappa shape index (κ1) is 14.5. The second kappa shape index (κ2) is 5.86. The molecule has 0 fully saturated rings. The van der Waals surface area contributed by atoms with Gasteiger partial charge in [-0.15, -0.1) is 22.7 Å². The van der Waals surface area contributed by atoms with Crippen molar-refractivity contribution >= 4 is 43.9 Å². The second-order valence-corrected chi connectivity index (χ2v) is 7.43. The van der Waals surface area contributed by atoms with Crippen LogP contribution in [0.25, 0.3) is 10.2 Å². The van der Waals surface area contributed by atoms with E-state index < -0.39 is 0 Å². The molecule has 0 bridgehead atoms. The fourth-order valence-corrected chi connectivity index (χ4v) is 4.66. The Labute approximate surface area is 139 Å². The van der Waals surface area contributed by atoms with Gasteiger partial charge in [0.1, 0.15) is 11.4 Å². The Bertz CT molecular complexity index is 927. The van der Waals surface area contributed by atoms with Crippen LogP contribution < -0.4 is 10.9 Å². The summed E-state index contributed by atoms with van der Waals surface area (Å²) < 4.78 is 1.38. The molecule has 0 aromatic carbocycles. The average Bonchev–Trinajstić information content (AvgIpc) is 3.17. The molecule has 0 aliphatic heterocycles. The summed E-state index contributed by atoms with van der Waals surface area (Å²) in [5, 5.41) is 5.71. The number of nitrogens with one attached hydrogen (secondary N) is 1. The van der Waals surface area contributed by atoms with Crippen LogP contribution in [0.4, 0.5) is 5.13 Å². The topological polar surface area (TPSA) is 76.9 Å². The van der Waals surface area contributed by atoms with E-state index in [1.165, 1.54) is 33.5 Å². The quantitative estimate of drug-likeness (QED) is 0.790. The molecule has 118 valence electrons. The average molecular weight is 346 g/mol. The van der Waals surface area contributed by atoms with Crippen LogP contribution in [0.2, 0.25) is 0 Å². The fourth-order valence-electron chi connectivity index (χ4n) is 2.89. The Balaban J connectivity index is 1.66. The lowest BCUT2D eigenvalue weighted by atomic mass is 9.97. The summed E-state index contributed by atoms with van der Waals surface area (Å²) in [6.45, 7) is -0.0496. The number of thiazole rings is 1. The molecule has 8 heteroatoms. The Morgan fingerprint density at radius 1 is 1.30 bits per heavy atom. The second-order valence-electron chi connectivity index (χ2n) is 5.45. The van der Waals surface area contributed by atoms with Crippen molar-refractivity contribution in [3.8, 4) is 0 Å². The Hall–Kier alpha value is -2.06. The van der Waals surface area contributed by atoms with Crippen molar-refractivity contribution in [2.24, 2.45) is 0 Å². The molecular weight excluding hydrogens is 332 g/mol. The minimum atomic E-state index is -0.271. The number of carbonyl (C=O) groups is 1. The van der Waals surface area contributed by atoms with Gasteiger partial charge in [0.05, 0.1) is 11.7 Å². The Morgan fingerprint density at radius 3 is 3.00 bits per heavy atom. The number of aryl methyl sites for hydroxylation is 2. The number of rotatable bonds is 3. The van der Waals surface area contributed by atoms with Gasteiger partial charge in [-0.25, -0.2) is 9.97 Å². The van der Waals surface area contributed by atoms with Gasteiger partial charge in [0, 0.05) is 16.5 Å². The highest BCUT2D eigenvalue weighted by molar-refractivity contribution is 7.18. The van der Waals surface area contributed by atoms with Crippen molar-refractivity contribution in [1.29, 1.82) is 0 Å². The van der Waals surface area contributed by atoms with E-state index in [2.05, 4.69) is 15.3 Å². The zero-order valence-corrected chi connectivity index (χ0v) is 13.9. The van der Waals surface area contributed by atoms with Crippen molar-refractivity contribution in [2.45, 2.75) is 32.2 Å². The van der Waals surface area contributed by atoms with Crippen LogP contribution in [-0.4, -0.2) is 20.4 Å². The van der Waals surface area contributed by atoms with Gasteiger partial charge in [-0.1, -0.05) is 0 Å². The first-order chi connectivity index (χ1) is 11.2. The van der Waals surface area contributed by atoms with Crippen LogP contribution >= 0.6 is 22.7 Å². The summed E-state index contributed by atoms with van der Waals surface area (Å²) in [6.07, 6.45) is 7.33. The van der Waals surface area contributed by atoms with E-state index in [-0.39, 0.29) is 18.0 Å². The van der Waals surface area contributed by atoms with Crippen molar-refractivity contribution in [3.05, 3.63) is 38.7 Å². The minimum absolute atomic E-state index is 0.0496. The molecule has 3 aromatic rings. The number of hydrogen-bond acceptors (Lipinski definition) is 6. The molecule has 4 rings (SSSR count). The highest BCUT2D eigenvalue weighted by Crippen LogP contribution is 2.33. The van der Waals surface area contributed by atoms with E-state index in [1.54, 1.807) is 22.9 Å². The van der Waals surface area contributed by atoms with Crippen molar-refractivity contribution in [2.75, 3.05) is 5.32 Å². The molecule has 23 heavy (non-hydrogen) atoms. The summed E-state index contributed by atoms with van der Waals surface area (Å²) in [5.74, 6) is -0.271. The van der Waals surface area contributed by atoms with Gasteiger partial charge >= 0.3 is 0 Å². The zero-order chi connectivity index (χ0) is 15.8. The highest BCUT2D eigenvalue weighted by atomic mass is 32.1. The predicted octanol–water partition coefficient (Wildman–Crippen LogP) is 2.43. The van der Waals surface area contributed by atoms with E-state index in [4.69, 9.17) is 0 Å². The third-order valence-corrected chi connectivity index (χ3v) is 5.82. The van der Waals surface area contributed by atoms with E-state index in [0.717, 1.165) is 29.7 Å². The van der Waals surface area contributed by atoms with Gasteiger partial charge in [-0.3, -0.25) is 14.2 Å². The molecule has 6 nitrogen and oxygen atoms in total. The summed E-state index contributed by atoms with van der Waals surface area (Å²) in [6, 6.07) is 0. The maximum Gasteiger partial charge on any atom is 0.262 e. The predicted molar refractivity (Wildman–Crippen MR) is 91.3 cm³/mol. The molecule has 0 unspecified atom stereocenters. The number of amides is 1. The number of fused-ring (bicyclic) bond motifs is 3. The molecule has 1 amide bonds. The van der Waals surface area contributed by atoms with Crippen LogP contribution in [0.3, 0.4) is 0 Å². The zero-order valence-electron chi connectivity index (χ0n) is 12.2. The minimum Gasteiger partial charge on any atom is -0.300 e. The molecular formula is C15H14N4O2S2. The lowest BCUT2D eigenvalue weighted by molar-refractivity contribution is -0.116. The molecule has 0 saturated heterocycles. The monoisotopic (exact) mass is 346 g/mol. The van der Waals surface area contributed by atoms with Gasteiger partial charge in [0.15, 0.2) is 5.13 Å². The van der Waals surface area contributed by atoms with Crippen LogP contribution in [0.15, 0.2) is 22.7 Å². The number of anilines is 1. The Morgan fingerprint density at radius 2 is 2.17 bits per heavy atom. The van der Waals surface area contributed by atoms with Crippen molar-refractivity contribution in [1.82, 2.24) is 14.5 Å². The smallest absolute Gasteiger partial charge is 0.262 e. The maximum atomic E-state index is 12.7. The lowest BCUT2D eigenvalue weighted by Gasteiger charge is -2.10. The lowest BCUT2D eigenvalue weighted by Crippen LogP contribution is -2.28. The normalized spacial score (nSPS) is 13.9. The SMILES string of the molecule is O=C(Cn1cnc2sc3c(c2c1=O)CCCC3)Nc1nccs1. The summed E-state index contributed by atoms with van der Waals surface area (Å²) >= 11 is 2.96. The number of aromatic nitrogens is 3. The number of carbonyl (C=O) groups excluding carboxylic acids is 1. The largest absolute Gasteiger partial charge is 0.300 e. The molecule has 3 aromatic heterocycles. The third kappa shape index (κ3) is 2.68. The number of thiophene rings is 1. The first-order valence-electron chi connectivity index (χ1n) is 7.41. The van der Waals surface area contributed by atoms with E-state index in [1.807, 2.05) is 0 Å².